The summed E-state index contributed by atoms with van der Waals surface area (Å²) >= 11 is 1.01. The van der Waals surface area contributed by atoms with Crippen molar-refractivity contribution < 1.29 is 54.2 Å². The molecular formula is C29H41NO11S. The zero-order chi connectivity index (χ0) is 31.0. The number of amides is 1. The molecule has 6 aliphatic rings. The van der Waals surface area contributed by atoms with Crippen LogP contribution in [-0.2, 0) is 28.7 Å². The van der Waals surface area contributed by atoms with E-state index in [0.717, 1.165) is 18.2 Å². The van der Waals surface area contributed by atoms with Gasteiger partial charge in [-0.3, -0.25) is 14.4 Å². The Hall–Kier alpha value is -1.77. The lowest BCUT2D eigenvalue weighted by molar-refractivity contribution is -0.313. The molecule has 0 aromatic carbocycles. The number of carboxylic acid groups (broad SMARTS) is 1. The van der Waals surface area contributed by atoms with Gasteiger partial charge >= 0.3 is 11.9 Å². The maximum absolute atomic E-state index is 15.1. The van der Waals surface area contributed by atoms with Gasteiger partial charge in [-0.2, -0.15) is 11.8 Å². The highest BCUT2D eigenvalue weighted by Crippen LogP contribution is 2.81. The fraction of sp³-hybridized carbons (Fsp3) is 0.862. The van der Waals surface area contributed by atoms with Gasteiger partial charge in [0.15, 0.2) is 11.4 Å². The number of esters is 1. The number of carboxylic acids is 1. The number of carbonyl (C=O) groups is 4. The van der Waals surface area contributed by atoms with E-state index in [2.05, 4.69) is 12.2 Å². The van der Waals surface area contributed by atoms with Crippen molar-refractivity contribution in [3.63, 3.8) is 0 Å². The molecule has 4 saturated carbocycles. The largest absolute Gasteiger partial charge is 0.480 e. The molecule has 13 heteroatoms. The summed E-state index contributed by atoms with van der Waals surface area (Å²) in [4.78, 5) is 52.5. The first kappa shape index (κ1) is 30.3. The number of ketones is 1. The predicted molar refractivity (Wildman–Crippen MR) is 146 cm³/mol. The van der Waals surface area contributed by atoms with Crippen molar-refractivity contribution in [2.24, 2.45) is 40.4 Å². The Kier molecular flexibility index (Phi) is 6.42. The topological polar surface area (TPSA) is 200 Å². The lowest BCUT2D eigenvalue weighted by Gasteiger charge is -2.66. The Balaban J connectivity index is 1.47. The van der Waals surface area contributed by atoms with Gasteiger partial charge in [-0.15, -0.1) is 0 Å². The van der Waals surface area contributed by atoms with E-state index >= 15 is 4.79 Å². The van der Waals surface area contributed by atoms with Crippen molar-refractivity contribution in [2.75, 3.05) is 11.5 Å². The number of carbonyl (C=O) groups excluding carboxylic acids is 3. The molecular weight excluding hydrogens is 570 g/mol. The average molecular weight is 612 g/mol. The van der Waals surface area contributed by atoms with E-state index in [1.54, 1.807) is 13.8 Å². The third kappa shape index (κ3) is 3.03. The predicted octanol–water partition coefficient (Wildman–Crippen LogP) is -0.168. The Bertz CT molecular complexity index is 1260. The molecule has 4 aliphatic carbocycles. The minimum Gasteiger partial charge on any atom is -0.480 e. The van der Waals surface area contributed by atoms with Crippen molar-refractivity contribution in [3.05, 3.63) is 0 Å². The fourth-order valence-corrected chi connectivity index (χ4v) is 11.9. The van der Waals surface area contributed by atoms with Crippen LogP contribution in [0.2, 0.25) is 0 Å². The van der Waals surface area contributed by atoms with Gasteiger partial charge in [0.05, 0.1) is 12.2 Å². The number of hydrogen-bond donors (Lipinski definition) is 6. The number of fused-ring (bicyclic) bond motifs is 4. The van der Waals surface area contributed by atoms with Crippen molar-refractivity contribution in [1.82, 2.24) is 5.32 Å². The first-order valence-electron chi connectivity index (χ1n) is 14.8. The second-order valence-corrected chi connectivity index (χ2v) is 15.2. The highest BCUT2D eigenvalue weighted by atomic mass is 32.2. The SMILES string of the molecule is CC(=O)NC(CSCC12OC(=O)C34C(=O)C5(C)C6CCC(C)CC6C(O)C(O)C5C(C)(OC13O)C4(O)CC2C)C(=O)O. The van der Waals surface area contributed by atoms with Crippen molar-refractivity contribution in [3.8, 4) is 0 Å². The average Bonchev–Trinajstić information content (AvgIpc) is 3.08. The molecule has 5 bridgehead atoms. The van der Waals surface area contributed by atoms with Gasteiger partial charge in [0.25, 0.3) is 0 Å². The number of nitrogens with one attached hydrogen (secondary N) is 1. The van der Waals surface area contributed by atoms with Gasteiger partial charge < -0.3 is 40.3 Å². The first-order valence-corrected chi connectivity index (χ1v) is 15.9. The number of thioether (sulfide) groups is 1. The lowest BCUT2D eigenvalue weighted by Crippen LogP contribution is -2.83. The molecule has 12 nitrogen and oxygen atoms in total. The lowest BCUT2D eigenvalue weighted by atomic mass is 9.35. The molecule has 14 unspecified atom stereocenters. The van der Waals surface area contributed by atoms with E-state index in [-0.39, 0.29) is 23.8 Å². The highest BCUT2D eigenvalue weighted by Gasteiger charge is 3.01. The molecule has 0 aromatic heterocycles. The molecule has 14 atom stereocenters. The van der Waals surface area contributed by atoms with Crippen LogP contribution in [0, 0.1) is 40.4 Å². The number of hydrogen-bond acceptors (Lipinski definition) is 11. The molecule has 234 valence electrons. The van der Waals surface area contributed by atoms with Gasteiger partial charge in [0.1, 0.15) is 17.2 Å². The molecule has 42 heavy (non-hydrogen) atoms. The summed E-state index contributed by atoms with van der Waals surface area (Å²) in [6.07, 6.45) is -0.922. The number of aliphatic hydroxyl groups is 4. The highest BCUT2D eigenvalue weighted by molar-refractivity contribution is 7.99. The van der Waals surface area contributed by atoms with Gasteiger partial charge in [-0.05, 0) is 43.9 Å². The van der Waals surface area contributed by atoms with Crippen molar-refractivity contribution in [1.29, 1.82) is 0 Å². The monoisotopic (exact) mass is 611 g/mol. The summed E-state index contributed by atoms with van der Waals surface area (Å²) in [5.41, 5.74) is -9.86. The van der Waals surface area contributed by atoms with Gasteiger partial charge in [0, 0.05) is 35.7 Å². The first-order chi connectivity index (χ1) is 19.4. The number of ether oxygens (including phenoxy) is 2. The quantitative estimate of drug-likeness (QED) is 0.171. The van der Waals surface area contributed by atoms with Crippen molar-refractivity contribution in [2.45, 2.75) is 101 Å². The molecule has 6 N–H and O–H groups in total. The molecule has 0 radical (unpaired) electrons. The van der Waals surface area contributed by atoms with E-state index < -0.39 is 99.0 Å². The van der Waals surface area contributed by atoms with Gasteiger partial charge in [0.2, 0.25) is 17.1 Å². The van der Waals surface area contributed by atoms with E-state index in [9.17, 15) is 39.9 Å². The molecule has 1 spiro atoms. The minimum absolute atomic E-state index is 0.132. The van der Waals surface area contributed by atoms with Crippen LogP contribution in [0.3, 0.4) is 0 Å². The van der Waals surface area contributed by atoms with Crippen LogP contribution >= 0.6 is 11.8 Å². The maximum atomic E-state index is 15.1. The molecule has 2 aliphatic heterocycles. The van der Waals surface area contributed by atoms with E-state index in [1.807, 2.05) is 0 Å². The fourth-order valence-electron chi connectivity index (χ4n) is 10.5. The molecule has 0 aromatic rings. The van der Waals surface area contributed by atoms with Crippen LogP contribution in [0.1, 0.15) is 60.3 Å². The zero-order valence-corrected chi connectivity index (χ0v) is 25.3. The Morgan fingerprint density at radius 1 is 1.12 bits per heavy atom. The summed E-state index contributed by atoms with van der Waals surface area (Å²) in [7, 11) is 0. The Morgan fingerprint density at radius 2 is 1.79 bits per heavy atom. The van der Waals surface area contributed by atoms with Crippen LogP contribution in [0.5, 0.6) is 0 Å². The summed E-state index contributed by atoms with van der Waals surface area (Å²) in [6.45, 7) is 8.10. The number of aliphatic hydroxyl groups excluding tert-OH is 2. The van der Waals surface area contributed by atoms with Crippen LogP contribution in [0.25, 0.3) is 0 Å². The standard InChI is InChI=1S/C29H41NO11S/c1-12-6-7-16-15(8-12)18(32)19(33)20-24(16,4)22(36)28-23(37)40-26(11-42-10-17(21(34)35)30-14(3)31)13(2)9-27(28,38)25(20,5)41-29(26,28)39/h12-13,15-20,32-33,38-39H,6-11H2,1-5H3,(H,30,31)(H,34,35). The molecule has 2 heterocycles. The van der Waals surface area contributed by atoms with Crippen molar-refractivity contribution >= 4 is 35.4 Å². The smallest absolute Gasteiger partial charge is 0.329 e. The minimum atomic E-state index is -2.64. The second-order valence-electron chi connectivity index (χ2n) is 14.2. The molecule has 1 amide bonds. The second kappa shape index (κ2) is 8.91. The van der Waals surface area contributed by atoms with Crippen LogP contribution in [-0.4, -0.2) is 102 Å². The summed E-state index contributed by atoms with van der Waals surface area (Å²) in [6, 6.07) is -1.26. The van der Waals surface area contributed by atoms with E-state index in [4.69, 9.17) is 9.47 Å². The zero-order valence-electron chi connectivity index (χ0n) is 24.5. The van der Waals surface area contributed by atoms with Gasteiger partial charge in [-0.1, -0.05) is 27.2 Å². The third-order valence-electron chi connectivity index (χ3n) is 12.3. The maximum Gasteiger partial charge on any atom is 0.329 e. The number of rotatable bonds is 6. The van der Waals surface area contributed by atoms with Crippen LogP contribution in [0.15, 0.2) is 0 Å². The Morgan fingerprint density at radius 3 is 2.40 bits per heavy atom. The van der Waals surface area contributed by atoms with E-state index in [0.29, 0.717) is 12.8 Å². The molecule has 6 fully saturated rings. The number of Topliss-reactive ketones (excluding diaryl/α,β-unsaturated/α-hetero) is 1. The van der Waals surface area contributed by atoms with Crippen LogP contribution < -0.4 is 5.32 Å². The Labute approximate surface area is 247 Å². The summed E-state index contributed by atoms with van der Waals surface area (Å²) < 4.78 is 12.4. The normalized spacial score (nSPS) is 54.5. The summed E-state index contributed by atoms with van der Waals surface area (Å²) in [5, 5.41) is 60.2. The van der Waals surface area contributed by atoms with Gasteiger partial charge in [-0.25, -0.2) is 4.79 Å². The number of aliphatic carboxylic acids is 1. The third-order valence-corrected chi connectivity index (χ3v) is 13.5. The van der Waals surface area contributed by atoms with E-state index in [1.165, 1.54) is 13.8 Å². The molecule has 2 saturated heterocycles. The molecule has 6 rings (SSSR count). The van der Waals surface area contributed by atoms with Crippen LogP contribution in [0.4, 0.5) is 0 Å². The summed E-state index contributed by atoms with van der Waals surface area (Å²) in [5.74, 6) is -9.07.